The Labute approximate surface area is 147 Å². The first-order valence-electron chi connectivity index (χ1n) is 8.62. The molecular weight excluding hydrogens is 332 g/mol. The number of hydrogen-bond acceptors (Lipinski definition) is 7. The van der Waals surface area contributed by atoms with Gasteiger partial charge in [-0.2, -0.15) is 0 Å². The largest absolute Gasteiger partial charge is 0.394 e. The van der Waals surface area contributed by atoms with E-state index in [1.165, 1.54) is 13.8 Å². The van der Waals surface area contributed by atoms with Crippen molar-refractivity contribution in [2.24, 2.45) is 0 Å². The molecule has 1 rings (SSSR count). The fourth-order valence-corrected chi connectivity index (χ4v) is 2.66. The normalized spacial score (nSPS) is 29.2. The molecule has 0 aliphatic carbocycles. The highest BCUT2D eigenvalue weighted by atomic mass is 16.7. The maximum absolute atomic E-state index is 11.3. The Balaban J connectivity index is 2.36. The minimum atomic E-state index is -1.31. The summed E-state index contributed by atoms with van der Waals surface area (Å²) in [5.74, 6) is -0.421. The minimum Gasteiger partial charge on any atom is -0.394 e. The lowest BCUT2D eigenvalue weighted by Crippen LogP contribution is -2.64. The summed E-state index contributed by atoms with van der Waals surface area (Å²) in [6.07, 6.45) is -1.06. The van der Waals surface area contributed by atoms with Gasteiger partial charge >= 0.3 is 0 Å². The molecule has 9 nitrogen and oxygen atoms in total. The van der Waals surface area contributed by atoms with E-state index in [1.54, 1.807) is 0 Å². The second-order valence-electron chi connectivity index (χ2n) is 6.20. The molecule has 1 aliphatic rings. The van der Waals surface area contributed by atoms with Gasteiger partial charge in [-0.15, -0.1) is 0 Å². The third-order valence-corrected chi connectivity index (χ3v) is 3.98. The molecule has 1 heterocycles. The number of aliphatic hydroxyl groups is 3. The Morgan fingerprint density at radius 2 is 1.72 bits per heavy atom. The zero-order valence-corrected chi connectivity index (χ0v) is 14.8. The zero-order chi connectivity index (χ0) is 18.8. The van der Waals surface area contributed by atoms with Gasteiger partial charge in [0.1, 0.15) is 24.4 Å². The van der Waals surface area contributed by atoms with Crippen molar-refractivity contribution in [3.05, 3.63) is 0 Å². The van der Waals surface area contributed by atoms with Gasteiger partial charge in [0, 0.05) is 27.0 Å². The molecule has 0 aromatic carbocycles. The lowest BCUT2D eigenvalue weighted by Gasteiger charge is -2.42. The SMILES string of the molecule is CC(=O)NCCCCCCO[C@@H]1O[C@H](CO)[C@H](O)[C@H](O)[C@H]1NC(C)=O. The summed E-state index contributed by atoms with van der Waals surface area (Å²) in [6.45, 7) is 3.31. The van der Waals surface area contributed by atoms with Crippen molar-refractivity contribution in [3.8, 4) is 0 Å². The van der Waals surface area contributed by atoms with Crippen LogP contribution in [0, 0.1) is 0 Å². The Morgan fingerprint density at radius 3 is 2.32 bits per heavy atom. The van der Waals surface area contributed by atoms with Crippen molar-refractivity contribution in [3.63, 3.8) is 0 Å². The van der Waals surface area contributed by atoms with Gasteiger partial charge in [-0.25, -0.2) is 0 Å². The molecule has 9 heteroatoms. The number of unbranched alkanes of at least 4 members (excludes halogenated alkanes) is 3. The minimum absolute atomic E-state index is 0.0408. The van der Waals surface area contributed by atoms with Crippen LogP contribution in [0.15, 0.2) is 0 Å². The number of amides is 2. The first-order valence-corrected chi connectivity index (χ1v) is 8.62. The van der Waals surface area contributed by atoms with Crippen molar-refractivity contribution in [1.82, 2.24) is 10.6 Å². The third-order valence-electron chi connectivity index (χ3n) is 3.98. The molecule has 5 atom stereocenters. The van der Waals surface area contributed by atoms with Crippen LogP contribution in [0.4, 0.5) is 0 Å². The van der Waals surface area contributed by atoms with Crippen LogP contribution in [0.2, 0.25) is 0 Å². The fourth-order valence-electron chi connectivity index (χ4n) is 2.66. The Morgan fingerprint density at radius 1 is 1.04 bits per heavy atom. The summed E-state index contributed by atoms with van der Waals surface area (Å²) in [6, 6.07) is -0.907. The molecule has 1 saturated heterocycles. The van der Waals surface area contributed by atoms with Crippen LogP contribution in [0.3, 0.4) is 0 Å². The average molecular weight is 362 g/mol. The van der Waals surface area contributed by atoms with Crippen molar-refractivity contribution >= 4 is 11.8 Å². The molecule has 5 N–H and O–H groups in total. The predicted molar refractivity (Wildman–Crippen MR) is 88.5 cm³/mol. The molecule has 0 aromatic rings. The van der Waals surface area contributed by atoms with E-state index in [9.17, 15) is 24.9 Å². The van der Waals surface area contributed by atoms with Crippen LogP contribution in [0.1, 0.15) is 39.5 Å². The molecule has 0 saturated carbocycles. The number of carbonyl (C=O) groups excluding carboxylic acids is 2. The van der Waals surface area contributed by atoms with Gasteiger partial charge in [-0.3, -0.25) is 9.59 Å². The Kier molecular flexibility index (Phi) is 9.91. The molecular formula is C16H30N2O7. The van der Waals surface area contributed by atoms with E-state index in [2.05, 4.69) is 10.6 Å². The van der Waals surface area contributed by atoms with E-state index < -0.39 is 37.3 Å². The van der Waals surface area contributed by atoms with Crippen LogP contribution >= 0.6 is 0 Å². The monoisotopic (exact) mass is 362 g/mol. The van der Waals surface area contributed by atoms with Gasteiger partial charge in [0.05, 0.1) is 6.61 Å². The van der Waals surface area contributed by atoms with E-state index in [-0.39, 0.29) is 11.8 Å². The number of aliphatic hydroxyl groups excluding tert-OH is 3. The summed E-state index contributed by atoms with van der Waals surface area (Å²) in [7, 11) is 0. The van der Waals surface area contributed by atoms with E-state index in [0.717, 1.165) is 25.7 Å². The topological polar surface area (TPSA) is 137 Å². The van der Waals surface area contributed by atoms with Crippen LogP contribution < -0.4 is 10.6 Å². The van der Waals surface area contributed by atoms with Crippen molar-refractivity contribution in [1.29, 1.82) is 0 Å². The first-order chi connectivity index (χ1) is 11.9. The summed E-state index contributed by atoms with van der Waals surface area (Å²) in [5, 5.41) is 34.5. The standard InChI is InChI=1S/C16H30N2O7/c1-10(20)17-7-5-3-4-6-8-24-16-13(18-11(2)21)15(23)14(22)12(9-19)25-16/h12-16,19,22-23H,3-9H2,1-2H3,(H,17,20)(H,18,21)/t12-,13-,14+,15-,16-/m1/s1. The lowest BCUT2D eigenvalue weighted by atomic mass is 9.97. The Bertz CT molecular complexity index is 421. The van der Waals surface area contributed by atoms with Crippen molar-refractivity contribution < 1.29 is 34.4 Å². The molecule has 0 unspecified atom stereocenters. The molecule has 1 aliphatic heterocycles. The highest BCUT2D eigenvalue weighted by Crippen LogP contribution is 2.22. The predicted octanol–water partition coefficient (Wildman–Crippen LogP) is -1.36. The number of nitrogens with one attached hydrogen (secondary N) is 2. The molecule has 2 amide bonds. The maximum Gasteiger partial charge on any atom is 0.217 e. The second-order valence-corrected chi connectivity index (χ2v) is 6.20. The van der Waals surface area contributed by atoms with Gasteiger partial charge in [-0.1, -0.05) is 12.8 Å². The summed E-state index contributed by atoms with van der Waals surface area (Å²) in [4.78, 5) is 22.0. The van der Waals surface area contributed by atoms with Gasteiger partial charge in [-0.05, 0) is 12.8 Å². The number of rotatable bonds is 10. The molecule has 0 radical (unpaired) electrons. The smallest absolute Gasteiger partial charge is 0.217 e. The summed E-state index contributed by atoms with van der Waals surface area (Å²) in [5.41, 5.74) is 0. The molecule has 25 heavy (non-hydrogen) atoms. The van der Waals surface area contributed by atoms with Gasteiger partial charge in [0.25, 0.3) is 0 Å². The van der Waals surface area contributed by atoms with Crippen LogP contribution in [-0.4, -0.2) is 77.5 Å². The van der Waals surface area contributed by atoms with Gasteiger partial charge in [0.2, 0.25) is 11.8 Å². The average Bonchev–Trinajstić information content (AvgIpc) is 2.55. The van der Waals surface area contributed by atoms with Crippen molar-refractivity contribution in [2.45, 2.75) is 70.2 Å². The highest BCUT2D eigenvalue weighted by Gasteiger charge is 2.45. The Hall–Kier alpha value is -1.26. The zero-order valence-electron chi connectivity index (χ0n) is 14.8. The number of hydrogen-bond donors (Lipinski definition) is 5. The van der Waals surface area contributed by atoms with Crippen LogP contribution in [0.5, 0.6) is 0 Å². The molecule has 1 fully saturated rings. The number of carbonyl (C=O) groups is 2. The number of ether oxygens (including phenoxy) is 2. The van der Waals surface area contributed by atoms with E-state index in [1.807, 2.05) is 0 Å². The third kappa shape index (κ3) is 7.66. The second kappa shape index (κ2) is 11.4. The summed E-state index contributed by atoms with van der Waals surface area (Å²) >= 11 is 0. The van der Waals surface area contributed by atoms with Crippen LogP contribution in [0.25, 0.3) is 0 Å². The fraction of sp³-hybridized carbons (Fsp3) is 0.875. The van der Waals surface area contributed by atoms with E-state index in [0.29, 0.717) is 13.2 Å². The molecule has 0 bridgehead atoms. The first kappa shape index (κ1) is 21.8. The van der Waals surface area contributed by atoms with Gasteiger partial charge < -0.3 is 35.4 Å². The maximum atomic E-state index is 11.3. The molecule has 0 spiro atoms. The molecule has 146 valence electrons. The highest BCUT2D eigenvalue weighted by molar-refractivity contribution is 5.73. The van der Waals surface area contributed by atoms with E-state index in [4.69, 9.17) is 9.47 Å². The quantitative estimate of drug-likeness (QED) is 0.303. The van der Waals surface area contributed by atoms with Crippen molar-refractivity contribution in [2.75, 3.05) is 19.8 Å². The molecule has 0 aromatic heterocycles. The van der Waals surface area contributed by atoms with Crippen LogP contribution in [-0.2, 0) is 19.1 Å². The van der Waals surface area contributed by atoms with E-state index >= 15 is 0 Å². The lowest BCUT2D eigenvalue weighted by molar-refractivity contribution is -0.270. The van der Waals surface area contributed by atoms with Gasteiger partial charge in [0.15, 0.2) is 6.29 Å². The summed E-state index contributed by atoms with van der Waals surface area (Å²) < 4.78 is 11.1.